The number of phosphoric acid groups is 2. The molecule has 0 fully saturated rings. The number of esters is 4. The van der Waals surface area contributed by atoms with Gasteiger partial charge in [0.25, 0.3) is 0 Å². The van der Waals surface area contributed by atoms with E-state index in [0.717, 1.165) is 102 Å². The molecule has 0 aliphatic heterocycles. The summed E-state index contributed by atoms with van der Waals surface area (Å²) in [6.07, 6.45) is 50.2. The monoisotopic (exact) mass is 1340 g/mol. The molecule has 0 rings (SSSR count). The van der Waals surface area contributed by atoms with Crippen molar-refractivity contribution in [2.24, 2.45) is 11.8 Å². The number of ether oxygens (including phenoxy) is 4. The molecule has 0 amide bonds. The summed E-state index contributed by atoms with van der Waals surface area (Å²) in [6, 6.07) is 0. The summed E-state index contributed by atoms with van der Waals surface area (Å²) >= 11 is 0. The first-order valence-electron chi connectivity index (χ1n) is 37.5. The smallest absolute Gasteiger partial charge is 0.462 e. The van der Waals surface area contributed by atoms with E-state index < -0.39 is 97.5 Å². The van der Waals surface area contributed by atoms with E-state index in [9.17, 15) is 43.2 Å². The molecular weight excluding hydrogens is 1200 g/mol. The number of rotatable bonds is 71. The molecule has 0 spiro atoms. The van der Waals surface area contributed by atoms with E-state index in [4.69, 9.17) is 37.0 Å². The van der Waals surface area contributed by atoms with Gasteiger partial charge in [-0.15, -0.1) is 0 Å². The maximum Gasteiger partial charge on any atom is 0.472 e. The van der Waals surface area contributed by atoms with Crippen LogP contribution >= 0.6 is 15.6 Å². The highest BCUT2D eigenvalue weighted by atomic mass is 31.2. The van der Waals surface area contributed by atoms with Crippen molar-refractivity contribution in [1.82, 2.24) is 0 Å². The molecule has 0 aromatic heterocycles. The molecule has 0 aromatic rings. The van der Waals surface area contributed by atoms with Gasteiger partial charge in [0.2, 0.25) is 0 Å². The van der Waals surface area contributed by atoms with Gasteiger partial charge in [-0.2, -0.15) is 0 Å². The second-order valence-electron chi connectivity index (χ2n) is 26.9. The molecule has 0 heterocycles. The average molecular weight is 1340 g/mol. The number of carbonyl (C=O) groups is 4. The van der Waals surface area contributed by atoms with Crippen molar-refractivity contribution >= 4 is 39.5 Å². The van der Waals surface area contributed by atoms with Gasteiger partial charge < -0.3 is 33.8 Å². The van der Waals surface area contributed by atoms with Gasteiger partial charge in [-0.1, -0.05) is 318 Å². The van der Waals surface area contributed by atoms with E-state index in [1.54, 1.807) is 0 Å². The average Bonchev–Trinajstić information content (AvgIpc) is 3.65. The van der Waals surface area contributed by atoms with Crippen LogP contribution in [0, 0.1) is 11.8 Å². The fourth-order valence-corrected chi connectivity index (χ4v) is 12.5. The largest absolute Gasteiger partial charge is 0.472 e. The van der Waals surface area contributed by atoms with Gasteiger partial charge in [-0.05, 0) is 37.5 Å². The van der Waals surface area contributed by atoms with E-state index in [-0.39, 0.29) is 25.7 Å². The van der Waals surface area contributed by atoms with Crippen LogP contribution in [0.2, 0.25) is 0 Å². The second-order valence-corrected chi connectivity index (χ2v) is 29.8. The SMILES string of the molecule is CCCCCCCCCCCCCCC(=O)OC[C@H](COP(=O)(O)OC[C@@H](O)COP(=O)(O)OC[C@@H](COC(=O)CCCCCCCCCC)OC(=O)CCCCCCCCCC(C)C)OC(=O)CCCCCCCCCCCCCCCCCCCCC(C)C. The molecule has 0 aromatic carbocycles. The molecule has 19 heteroatoms. The molecule has 2 unspecified atom stereocenters. The Bertz CT molecular complexity index is 1770. The molecule has 3 N–H and O–H groups in total. The maximum atomic E-state index is 13.0. The molecule has 0 aliphatic carbocycles. The van der Waals surface area contributed by atoms with Gasteiger partial charge >= 0.3 is 39.5 Å². The molecule has 0 radical (unpaired) electrons. The second kappa shape index (κ2) is 64.1. The standard InChI is InChI=1S/C72H140O17P2/c1-7-9-11-13-15-17-18-28-31-37-43-49-55-70(75)83-61-67(88-71(76)56-50-44-38-32-29-26-24-22-20-19-21-23-25-27-30-34-40-46-52-64(3)4)62-86-90(78,79)84-58-66(73)59-85-91(80,81)87-63-68(60-82-69(74)54-48-42-36-16-14-12-10-8-2)89-72(77)57-51-45-39-33-35-41-47-53-65(5)6/h64-68,73H,7-63H2,1-6H3,(H,78,79)(H,80,81)/t66-,67-,68-/m1/s1. The zero-order valence-electron chi connectivity index (χ0n) is 59.1. The minimum Gasteiger partial charge on any atom is -0.462 e. The minimum absolute atomic E-state index is 0.103. The first-order valence-corrected chi connectivity index (χ1v) is 40.5. The number of phosphoric ester groups is 2. The fourth-order valence-electron chi connectivity index (χ4n) is 10.9. The Balaban J connectivity index is 5.15. The topological polar surface area (TPSA) is 237 Å². The van der Waals surface area contributed by atoms with Crippen LogP contribution in [0.25, 0.3) is 0 Å². The van der Waals surface area contributed by atoms with Crippen molar-refractivity contribution in [1.29, 1.82) is 0 Å². The summed E-state index contributed by atoms with van der Waals surface area (Å²) in [5.41, 5.74) is 0. The van der Waals surface area contributed by atoms with Crippen LogP contribution in [0.15, 0.2) is 0 Å². The lowest BCUT2D eigenvalue weighted by Crippen LogP contribution is -2.30. The summed E-state index contributed by atoms with van der Waals surface area (Å²) in [7, 11) is -9.90. The fraction of sp³-hybridized carbons (Fsp3) is 0.944. The summed E-state index contributed by atoms with van der Waals surface area (Å²) < 4.78 is 68.2. The summed E-state index contributed by atoms with van der Waals surface area (Å²) in [4.78, 5) is 72.5. The lowest BCUT2D eigenvalue weighted by atomic mass is 10.0. The lowest BCUT2D eigenvalue weighted by molar-refractivity contribution is -0.161. The third-order valence-corrected chi connectivity index (χ3v) is 18.6. The van der Waals surface area contributed by atoms with Crippen LogP contribution in [0.3, 0.4) is 0 Å². The first kappa shape index (κ1) is 89.1. The third kappa shape index (κ3) is 66.5. The highest BCUT2D eigenvalue weighted by molar-refractivity contribution is 7.47. The van der Waals surface area contributed by atoms with Crippen LogP contribution in [0.4, 0.5) is 0 Å². The Morgan fingerprint density at radius 1 is 0.297 bits per heavy atom. The van der Waals surface area contributed by atoms with E-state index in [0.29, 0.717) is 31.6 Å². The van der Waals surface area contributed by atoms with Gasteiger partial charge in [0.1, 0.15) is 19.3 Å². The zero-order chi connectivity index (χ0) is 67.2. The molecule has 540 valence electrons. The Hall–Kier alpha value is -1.94. The highest BCUT2D eigenvalue weighted by Crippen LogP contribution is 2.45. The first-order chi connectivity index (χ1) is 43.9. The van der Waals surface area contributed by atoms with Crippen LogP contribution < -0.4 is 0 Å². The molecule has 0 saturated carbocycles. The van der Waals surface area contributed by atoms with Crippen molar-refractivity contribution in [2.45, 2.75) is 387 Å². The Morgan fingerprint density at radius 2 is 0.505 bits per heavy atom. The van der Waals surface area contributed by atoms with Gasteiger partial charge in [-0.25, -0.2) is 9.13 Å². The summed E-state index contributed by atoms with van der Waals surface area (Å²) in [5, 5.41) is 10.6. The highest BCUT2D eigenvalue weighted by Gasteiger charge is 2.30. The predicted molar refractivity (Wildman–Crippen MR) is 368 cm³/mol. The van der Waals surface area contributed by atoms with Crippen molar-refractivity contribution in [3.05, 3.63) is 0 Å². The minimum atomic E-state index is -4.95. The molecule has 5 atom stereocenters. The number of unbranched alkanes of at least 4 members (excludes halogenated alkanes) is 41. The quantitative estimate of drug-likeness (QED) is 0.0222. The summed E-state index contributed by atoms with van der Waals surface area (Å²) in [5.74, 6) is -0.610. The van der Waals surface area contributed by atoms with Gasteiger partial charge in [0.05, 0.1) is 26.4 Å². The van der Waals surface area contributed by atoms with Gasteiger partial charge in [0, 0.05) is 25.7 Å². The van der Waals surface area contributed by atoms with Crippen molar-refractivity contribution < 1.29 is 80.2 Å². The number of aliphatic hydroxyl groups is 1. The molecular formula is C72H140O17P2. The predicted octanol–water partition coefficient (Wildman–Crippen LogP) is 20.8. The van der Waals surface area contributed by atoms with Crippen molar-refractivity contribution in [3.63, 3.8) is 0 Å². The van der Waals surface area contributed by atoms with Gasteiger partial charge in [0.15, 0.2) is 12.2 Å². The van der Waals surface area contributed by atoms with E-state index in [2.05, 4.69) is 41.5 Å². The summed E-state index contributed by atoms with van der Waals surface area (Å²) in [6.45, 7) is 9.50. The Kier molecular flexibility index (Phi) is 62.7. The van der Waals surface area contributed by atoms with Crippen LogP contribution in [0.5, 0.6) is 0 Å². The molecule has 0 aliphatic rings. The number of aliphatic hydroxyl groups excluding tert-OH is 1. The molecule has 0 saturated heterocycles. The van der Waals surface area contributed by atoms with Gasteiger partial charge in [-0.3, -0.25) is 37.3 Å². The molecule has 91 heavy (non-hydrogen) atoms. The van der Waals surface area contributed by atoms with Crippen LogP contribution in [-0.4, -0.2) is 96.7 Å². The molecule has 0 bridgehead atoms. The molecule has 17 nitrogen and oxygen atoms in total. The Labute approximate surface area is 556 Å². The third-order valence-electron chi connectivity index (χ3n) is 16.7. The lowest BCUT2D eigenvalue weighted by Gasteiger charge is -2.21. The van der Waals surface area contributed by atoms with E-state index >= 15 is 0 Å². The zero-order valence-corrected chi connectivity index (χ0v) is 60.9. The van der Waals surface area contributed by atoms with E-state index in [1.807, 2.05) is 0 Å². The normalized spacial score (nSPS) is 14.1. The number of hydrogen-bond donors (Lipinski definition) is 3. The van der Waals surface area contributed by atoms with Crippen molar-refractivity contribution in [2.75, 3.05) is 39.6 Å². The van der Waals surface area contributed by atoms with E-state index in [1.165, 1.54) is 180 Å². The van der Waals surface area contributed by atoms with Crippen LogP contribution in [0.1, 0.15) is 369 Å². The van der Waals surface area contributed by atoms with Crippen molar-refractivity contribution in [3.8, 4) is 0 Å². The number of carbonyl (C=O) groups excluding carboxylic acids is 4. The maximum absolute atomic E-state index is 13.0. The number of hydrogen-bond acceptors (Lipinski definition) is 15. The Morgan fingerprint density at radius 3 is 0.747 bits per heavy atom. The van der Waals surface area contributed by atoms with Crippen LogP contribution in [-0.2, 0) is 65.4 Å².